The van der Waals surface area contributed by atoms with E-state index in [1.54, 1.807) is 19.1 Å². The van der Waals surface area contributed by atoms with Gasteiger partial charge in [-0.1, -0.05) is 12.1 Å². The lowest BCUT2D eigenvalue weighted by atomic mass is 10.1. The number of carbonyl (C=O) groups is 2. The lowest BCUT2D eigenvalue weighted by molar-refractivity contribution is -0.130. The van der Waals surface area contributed by atoms with Crippen LogP contribution in [0.5, 0.6) is 5.75 Å². The van der Waals surface area contributed by atoms with Crippen molar-refractivity contribution in [3.05, 3.63) is 24.3 Å². The van der Waals surface area contributed by atoms with Crippen LogP contribution in [0.4, 0.5) is 5.69 Å². The minimum atomic E-state index is -0.521. The Balaban J connectivity index is 2.43. The third kappa shape index (κ3) is 1.95. The molecule has 0 aliphatic carbocycles. The molecule has 1 N–H and O–H groups in total. The SMILES string of the molecule is COc1ccccc1N1C(=O)CNC(=O)C1C. The molecule has 1 saturated heterocycles. The largest absolute Gasteiger partial charge is 0.495 e. The van der Waals surface area contributed by atoms with E-state index in [0.717, 1.165) is 0 Å². The van der Waals surface area contributed by atoms with Crippen LogP contribution in [0.15, 0.2) is 24.3 Å². The highest BCUT2D eigenvalue weighted by Crippen LogP contribution is 2.30. The number of hydrogen-bond acceptors (Lipinski definition) is 3. The Morgan fingerprint density at radius 2 is 2.06 bits per heavy atom. The molecule has 5 heteroatoms. The lowest BCUT2D eigenvalue weighted by Crippen LogP contribution is -2.57. The molecule has 0 spiro atoms. The number of rotatable bonds is 2. The summed E-state index contributed by atoms with van der Waals surface area (Å²) in [6.07, 6.45) is 0. The maximum absolute atomic E-state index is 11.9. The zero-order valence-corrected chi connectivity index (χ0v) is 9.77. The number of carbonyl (C=O) groups excluding carboxylic acids is 2. The van der Waals surface area contributed by atoms with Crippen molar-refractivity contribution in [1.29, 1.82) is 0 Å². The van der Waals surface area contributed by atoms with Gasteiger partial charge in [-0.15, -0.1) is 0 Å². The van der Waals surface area contributed by atoms with E-state index in [2.05, 4.69) is 5.32 Å². The second-order valence-corrected chi connectivity index (χ2v) is 3.83. The van der Waals surface area contributed by atoms with Crippen LogP contribution in [-0.4, -0.2) is 31.5 Å². The van der Waals surface area contributed by atoms with Crippen molar-refractivity contribution in [2.75, 3.05) is 18.6 Å². The summed E-state index contributed by atoms with van der Waals surface area (Å²) in [6.45, 7) is 1.72. The molecular formula is C12H14N2O3. The summed E-state index contributed by atoms with van der Waals surface area (Å²) in [5, 5.41) is 2.55. The number of piperazine rings is 1. The number of methoxy groups -OCH3 is 1. The first-order valence-electron chi connectivity index (χ1n) is 5.38. The Morgan fingerprint density at radius 1 is 1.35 bits per heavy atom. The predicted octanol–water partition coefficient (Wildman–Crippen LogP) is 0.546. The summed E-state index contributed by atoms with van der Waals surface area (Å²) < 4.78 is 5.20. The third-order valence-corrected chi connectivity index (χ3v) is 2.79. The molecule has 1 aliphatic rings. The van der Waals surface area contributed by atoms with Gasteiger partial charge in [-0.25, -0.2) is 0 Å². The molecule has 17 heavy (non-hydrogen) atoms. The van der Waals surface area contributed by atoms with Crippen molar-refractivity contribution >= 4 is 17.5 Å². The van der Waals surface area contributed by atoms with Crippen LogP contribution in [0.1, 0.15) is 6.92 Å². The first-order valence-corrected chi connectivity index (χ1v) is 5.38. The normalized spacial score (nSPS) is 20.1. The summed E-state index contributed by atoms with van der Waals surface area (Å²) in [5.41, 5.74) is 0.627. The first kappa shape index (κ1) is 11.4. The van der Waals surface area contributed by atoms with E-state index in [9.17, 15) is 9.59 Å². The Labute approximate surface area is 99.4 Å². The van der Waals surface area contributed by atoms with E-state index in [1.165, 1.54) is 12.0 Å². The summed E-state index contributed by atoms with van der Waals surface area (Å²) in [6, 6.07) is 6.65. The van der Waals surface area contributed by atoms with Crippen LogP contribution in [-0.2, 0) is 9.59 Å². The standard InChI is InChI=1S/C12H14N2O3/c1-8-12(16)13-7-11(15)14(8)9-5-3-4-6-10(9)17-2/h3-6,8H,7H2,1-2H3,(H,13,16). The molecule has 0 radical (unpaired) electrons. The molecule has 0 aromatic heterocycles. The summed E-state index contributed by atoms with van der Waals surface area (Å²) >= 11 is 0. The number of ether oxygens (including phenoxy) is 1. The maximum Gasteiger partial charge on any atom is 0.247 e. The molecule has 1 aromatic rings. The molecular weight excluding hydrogens is 220 g/mol. The van der Waals surface area contributed by atoms with Crippen molar-refractivity contribution in [3.63, 3.8) is 0 Å². The minimum absolute atomic E-state index is 0.0290. The van der Waals surface area contributed by atoms with Crippen LogP contribution in [0, 0.1) is 0 Å². The maximum atomic E-state index is 11.9. The first-order chi connectivity index (χ1) is 8.15. The monoisotopic (exact) mass is 234 g/mol. The Bertz CT molecular complexity index is 459. The van der Waals surface area contributed by atoms with Crippen molar-refractivity contribution in [1.82, 2.24) is 5.32 Å². The third-order valence-electron chi connectivity index (χ3n) is 2.79. The number of nitrogens with one attached hydrogen (secondary N) is 1. The zero-order chi connectivity index (χ0) is 12.4. The molecule has 1 aromatic carbocycles. The Hall–Kier alpha value is -2.04. The van der Waals surface area contributed by atoms with Crippen LogP contribution in [0.3, 0.4) is 0 Å². The highest BCUT2D eigenvalue weighted by Gasteiger charge is 2.33. The van der Waals surface area contributed by atoms with Gasteiger partial charge < -0.3 is 10.1 Å². The fourth-order valence-electron chi connectivity index (χ4n) is 1.90. The molecule has 0 bridgehead atoms. The zero-order valence-electron chi connectivity index (χ0n) is 9.77. The van der Waals surface area contributed by atoms with Gasteiger partial charge in [0.25, 0.3) is 0 Å². The van der Waals surface area contributed by atoms with Gasteiger partial charge >= 0.3 is 0 Å². The summed E-state index contributed by atoms with van der Waals surface area (Å²) in [7, 11) is 1.54. The molecule has 0 saturated carbocycles. The highest BCUT2D eigenvalue weighted by atomic mass is 16.5. The quantitative estimate of drug-likeness (QED) is 0.812. The number of anilines is 1. The number of benzene rings is 1. The van der Waals surface area contributed by atoms with Crippen LogP contribution in [0.2, 0.25) is 0 Å². The number of amides is 2. The molecule has 2 amide bonds. The number of para-hydroxylation sites is 2. The summed E-state index contributed by atoms with van der Waals surface area (Å²) in [5.74, 6) is 0.291. The van der Waals surface area contributed by atoms with Crippen LogP contribution in [0.25, 0.3) is 0 Å². The van der Waals surface area contributed by atoms with E-state index in [0.29, 0.717) is 11.4 Å². The van der Waals surface area contributed by atoms with Gasteiger partial charge in [-0.3, -0.25) is 14.5 Å². The minimum Gasteiger partial charge on any atom is -0.495 e. The smallest absolute Gasteiger partial charge is 0.247 e. The van der Waals surface area contributed by atoms with Gasteiger partial charge in [0.1, 0.15) is 11.8 Å². The fourth-order valence-corrected chi connectivity index (χ4v) is 1.90. The van der Waals surface area contributed by atoms with E-state index in [4.69, 9.17) is 4.74 Å². The predicted molar refractivity (Wildman–Crippen MR) is 63.0 cm³/mol. The molecule has 1 heterocycles. The van der Waals surface area contributed by atoms with Gasteiger partial charge in [-0.05, 0) is 19.1 Å². The van der Waals surface area contributed by atoms with Gasteiger partial charge in [0.2, 0.25) is 11.8 Å². The Morgan fingerprint density at radius 3 is 2.76 bits per heavy atom. The van der Waals surface area contributed by atoms with Crippen molar-refractivity contribution in [3.8, 4) is 5.75 Å². The molecule has 1 fully saturated rings. The second kappa shape index (κ2) is 4.45. The van der Waals surface area contributed by atoms with Crippen molar-refractivity contribution in [2.24, 2.45) is 0 Å². The van der Waals surface area contributed by atoms with Gasteiger partial charge in [0.05, 0.1) is 19.3 Å². The van der Waals surface area contributed by atoms with Gasteiger partial charge in [0.15, 0.2) is 0 Å². The summed E-state index contributed by atoms with van der Waals surface area (Å²) in [4.78, 5) is 24.9. The molecule has 90 valence electrons. The molecule has 1 unspecified atom stereocenters. The van der Waals surface area contributed by atoms with Crippen molar-refractivity contribution in [2.45, 2.75) is 13.0 Å². The van der Waals surface area contributed by atoms with E-state index in [-0.39, 0.29) is 18.4 Å². The van der Waals surface area contributed by atoms with E-state index >= 15 is 0 Å². The van der Waals surface area contributed by atoms with Gasteiger partial charge in [-0.2, -0.15) is 0 Å². The topological polar surface area (TPSA) is 58.6 Å². The van der Waals surface area contributed by atoms with E-state index < -0.39 is 6.04 Å². The number of hydrogen-bond donors (Lipinski definition) is 1. The van der Waals surface area contributed by atoms with E-state index in [1.807, 2.05) is 12.1 Å². The average molecular weight is 234 g/mol. The Kier molecular flexibility index (Phi) is 2.99. The lowest BCUT2D eigenvalue weighted by Gasteiger charge is -2.33. The fraction of sp³-hybridized carbons (Fsp3) is 0.333. The van der Waals surface area contributed by atoms with Crippen LogP contribution >= 0.6 is 0 Å². The van der Waals surface area contributed by atoms with Crippen LogP contribution < -0.4 is 15.0 Å². The van der Waals surface area contributed by atoms with Crippen molar-refractivity contribution < 1.29 is 14.3 Å². The molecule has 5 nitrogen and oxygen atoms in total. The molecule has 1 atom stereocenters. The molecule has 2 rings (SSSR count). The molecule has 1 aliphatic heterocycles. The average Bonchev–Trinajstić information content (AvgIpc) is 2.35. The van der Waals surface area contributed by atoms with Gasteiger partial charge in [0, 0.05) is 0 Å². The highest BCUT2D eigenvalue weighted by molar-refractivity contribution is 6.07. The number of nitrogens with zero attached hydrogens (tertiary/aromatic N) is 1. The second-order valence-electron chi connectivity index (χ2n) is 3.83.